The molecule has 0 radical (unpaired) electrons. The lowest BCUT2D eigenvalue weighted by Gasteiger charge is -2.19. The van der Waals surface area contributed by atoms with Gasteiger partial charge >= 0.3 is 0 Å². The van der Waals surface area contributed by atoms with Gasteiger partial charge in [-0.05, 0) is 18.6 Å². The average Bonchev–Trinajstić information content (AvgIpc) is 3.16. The molecule has 1 unspecified atom stereocenters. The summed E-state index contributed by atoms with van der Waals surface area (Å²) in [7, 11) is 0. The van der Waals surface area contributed by atoms with Crippen LogP contribution < -0.4 is 0 Å². The van der Waals surface area contributed by atoms with Gasteiger partial charge in [0.1, 0.15) is 5.15 Å². The summed E-state index contributed by atoms with van der Waals surface area (Å²) in [6, 6.07) is 13.5. The highest BCUT2D eigenvalue weighted by molar-refractivity contribution is 6.29. The Morgan fingerprint density at radius 2 is 1.88 bits per heavy atom. The van der Waals surface area contributed by atoms with Crippen molar-refractivity contribution < 1.29 is 5.11 Å². The Morgan fingerprint density at radius 1 is 1.08 bits per heavy atom. The lowest BCUT2D eigenvalue weighted by atomic mass is 9.90. The number of hydrogen-bond acceptors (Lipinski definition) is 4. The van der Waals surface area contributed by atoms with Crippen LogP contribution in [0.3, 0.4) is 0 Å². The molecule has 0 aliphatic carbocycles. The first-order valence-electron chi connectivity index (χ1n) is 8.41. The van der Waals surface area contributed by atoms with Gasteiger partial charge in [0.2, 0.25) is 0 Å². The number of aromatic amines is 1. The first-order chi connectivity index (χ1) is 12.7. The number of aliphatic hydroxyl groups excluding tert-OH is 1. The zero-order chi connectivity index (χ0) is 18.1. The molecule has 4 aromatic rings. The first kappa shape index (κ1) is 16.7. The van der Waals surface area contributed by atoms with Crippen LogP contribution in [0.5, 0.6) is 0 Å². The minimum atomic E-state index is -0.664. The normalized spacial score (nSPS) is 12.4. The number of halogens is 1. The molecule has 5 nitrogen and oxygen atoms in total. The van der Waals surface area contributed by atoms with Gasteiger partial charge in [-0.25, -0.2) is 9.97 Å². The number of benzene rings is 1. The number of fused-ring (bicyclic) bond motifs is 1. The SMILES string of the molecule is CCC(O)c1c(-c2ccccc2)nc2[nH]ncc2c1-c1ccc(Cl)nc1. The Kier molecular flexibility index (Phi) is 4.41. The molecule has 130 valence electrons. The topological polar surface area (TPSA) is 74.7 Å². The summed E-state index contributed by atoms with van der Waals surface area (Å²) in [4.78, 5) is 8.96. The quantitative estimate of drug-likeness (QED) is 0.511. The average molecular weight is 365 g/mol. The molecule has 26 heavy (non-hydrogen) atoms. The fraction of sp³-hybridized carbons (Fsp3) is 0.150. The standard InChI is InChI=1S/C20H17ClN4O/c1-2-15(26)18-17(13-8-9-16(21)22-10-13)14-11-23-25-20(14)24-19(18)12-6-4-3-5-7-12/h3-11,15,26H,2H2,1H3,(H,23,24,25). The van der Waals surface area contributed by atoms with Crippen molar-refractivity contribution in [1.29, 1.82) is 0 Å². The molecule has 0 spiro atoms. The molecule has 3 aromatic heterocycles. The molecule has 0 aliphatic rings. The molecule has 1 aromatic carbocycles. The lowest BCUT2D eigenvalue weighted by molar-refractivity contribution is 0.174. The third-order valence-electron chi connectivity index (χ3n) is 4.42. The van der Waals surface area contributed by atoms with Crippen LogP contribution in [0, 0.1) is 0 Å². The van der Waals surface area contributed by atoms with Gasteiger partial charge in [-0.15, -0.1) is 0 Å². The molecule has 0 aliphatic heterocycles. The van der Waals surface area contributed by atoms with Crippen LogP contribution in [-0.2, 0) is 0 Å². The predicted octanol–water partition coefficient (Wildman–Crippen LogP) is 4.78. The van der Waals surface area contributed by atoms with Gasteiger partial charge in [0.05, 0.1) is 18.0 Å². The molecular formula is C20H17ClN4O. The molecule has 1 atom stereocenters. The van der Waals surface area contributed by atoms with Crippen LogP contribution >= 0.6 is 11.6 Å². The Balaban J connectivity index is 2.10. The Labute approximate surface area is 155 Å². The summed E-state index contributed by atoms with van der Waals surface area (Å²) in [6.07, 6.45) is 3.35. The van der Waals surface area contributed by atoms with Crippen LogP contribution in [0.25, 0.3) is 33.4 Å². The molecule has 6 heteroatoms. The largest absolute Gasteiger partial charge is 0.388 e. The number of aromatic nitrogens is 4. The highest BCUT2D eigenvalue weighted by atomic mass is 35.5. The number of pyridine rings is 2. The van der Waals surface area contributed by atoms with E-state index in [4.69, 9.17) is 16.6 Å². The molecule has 0 amide bonds. The Morgan fingerprint density at radius 3 is 2.58 bits per heavy atom. The maximum atomic E-state index is 10.8. The van der Waals surface area contributed by atoms with Crippen LogP contribution in [0.15, 0.2) is 54.9 Å². The molecule has 2 N–H and O–H groups in total. The van der Waals surface area contributed by atoms with E-state index in [0.717, 1.165) is 33.3 Å². The second-order valence-electron chi connectivity index (χ2n) is 6.04. The summed E-state index contributed by atoms with van der Waals surface area (Å²) < 4.78 is 0. The maximum absolute atomic E-state index is 10.8. The van der Waals surface area contributed by atoms with Gasteiger partial charge in [0.15, 0.2) is 5.65 Å². The zero-order valence-corrected chi connectivity index (χ0v) is 14.9. The van der Waals surface area contributed by atoms with Gasteiger partial charge in [0.25, 0.3) is 0 Å². The number of nitrogens with zero attached hydrogens (tertiary/aromatic N) is 3. The zero-order valence-electron chi connectivity index (χ0n) is 14.1. The first-order valence-corrected chi connectivity index (χ1v) is 8.79. The summed E-state index contributed by atoms with van der Waals surface area (Å²) >= 11 is 5.96. The highest BCUT2D eigenvalue weighted by Crippen LogP contribution is 2.40. The second kappa shape index (κ2) is 6.86. The van der Waals surface area contributed by atoms with E-state index in [1.807, 2.05) is 43.3 Å². The fourth-order valence-corrected chi connectivity index (χ4v) is 3.27. The van der Waals surface area contributed by atoms with Crippen molar-refractivity contribution in [2.24, 2.45) is 0 Å². The third-order valence-corrected chi connectivity index (χ3v) is 4.64. The van der Waals surface area contributed by atoms with E-state index in [1.165, 1.54) is 0 Å². The summed E-state index contributed by atoms with van der Waals surface area (Å²) in [5, 5.41) is 19.2. The van der Waals surface area contributed by atoms with Crippen molar-refractivity contribution >= 4 is 22.6 Å². The van der Waals surface area contributed by atoms with Crippen LogP contribution in [-0.4, -0.2) is 25.3 Å². The van der Waals surface area contributed by atoms with E-state index in [-0.39, 0.29) is 0 Å². The molecule has 0 saturated heterocycles. The highest BCUT2D eigenvalue weighted by Gasteiger charge is 2.23. The van der Waals surface area contributed by atoms with Gasteiger partial charge < -0.3 is 5.11 Å². The van der Waals surface area contributed by atoms with Gasteiger partial charge in [-0.1, -0.05) is 48.9 Å². The van der Waals surface area contributed by atoms with Crippen LogP contribution in [0.1, 0.15) is 25.0 Å². The number of rotatable bonds is 4. The number of H-pyrrole nitrogens is 1. The minimum absolute atomic E-state index is 0.423. The number of hydrogen-bond donors (Lipinski definition) is 2. The van der Waals surface area contributed by atoms with Gasteiger partial charge in [-0.3, -0.25) is 5.10 Å². The van der Waals surface area contributed by atoms with Gasteiger partial charge in [0, 0.05) is 33.8 Å². The van der Waals surface area contributed by atoms with Gasteiger partial charge in [-0.2, -0.15) is 5.10 Å². The van der Waals surface area contributed by atoms with Crippen molar-refractivity contribution in [3.8, 4) is 22.4 Å². The van der Waals surface area contributed by atoms with Crippen molar-refractivity contribution in [1.82, 2.24) is 20.2 Å². The van der Waals surface area contributed by atoms with Crippen LogP contribution in [0.4, 0.5) is 0 Å². The summed E-state index contributed by atoms with van der Waals surface area (Å²) in [5.74, 6) is 0. The molecule has 4 rings (SSSR count). The van der Waals surface area contributed by atoms with Crippen molar-refractivity contribution in [2.45, 2.75) is 19.4 Å². The summed E-state index contributed by atoms with van der Waals surface area (Å²) in [5.41, 5.74) is 4.86. The molecule has 0 bridgehead atoms. The van der Waals surface area contributed by atoms with E-state index in [1.54, 1.807) is 18.5 Å². The fourth-order valence-electron chi connectivity index (χ4n) is 3.16. The molecule has 3 heterocycles. The molecule has 0 fully saturated rings. The van der Waals surface area contributed by atoms with E-state index in [2.05, 4.69) is 15.2 Å². The minimum Gasteiger partial charge on any atom is -0.388 e. The third kappa shape index (κ3) is 2.85. The predicted molar refractivity (Wildman–Crippen MR) is 103 cm³/mol. The smallest absolute Gasteiger partial charge is 0.156 e. The molecule has 0 saturated carbocycles. The van der Waals surface area contributed by atoms with Crippen LogP contribution in [0.2, 0.25) is 5.15 Å². The lowest BCUT2D eigenvalue weighted by Crippen LogP contribution is -2.05. The van der Waals surface area contributed by atoms with E-state index < -0.39 is 6.10 Å². The monoisotopic (exact) mass is 364 g/mol. The Bertz CT molecular complexity index is 1040. The Hall–Kier alpha value is -2.76. The van der Waals surface area contributed by atoms with Crippen molar-refractivity contribution in [3.63, 3.8) is 0 Å². The maximum Gasteiger partial charge on any atom is 0.156 e. The molecular weight excluding hydrogens is 348 g/mol. The summed E-state index contributed by atoms with van der Waals surface area (Å²) in [6.45, 7) is 1.95. The van der Waals surface area contributed by atoms with E-state index in [9.17, 15) is 5.11 Å². The van der Waals surface area contributed by atoms with Crippen molar-refractivity contribution in [3.05, 3.63) is 65.6 Å². The number of nitrogens with one attached hydrogen (secondary N) is 1. The van der Waals surface area contributed by atoms with E-state index in [0.29, 0.717) is 17.2 Å². The second-order valence-corrected chi connectivity index (χ2v) is 6.43. The number of aliphatic hydroxyl groups is 1. The van der Waals surface area contributed by atoms with Crippen molar-refractivity contribution in [2.75, 3.05) is 0 Å². The van der Waals surface area contributed by atoms with E-state index >= 15 is 0 Å².